The zero-order valence-electron chi connectivity index (χ0n) is 15.2. The number of nitrogens with one attached hydrogen (secondary N) is 1. The Morgan fingerprint density at radius 3 is 2.73 bits per heavy atom. The molecule has 0 fully saturated rings. The van der Waals surface area contributed by atoms with Gasteiger partial charge in [0.25, 0.3) is 5.91 Å². The number of hydrogen-bond donors (Lipinski definition) is 2. The third-order valence-electron chi connectivity index (χ3n) is 3.56. The van der Waals surface area contributed by atoms with Crippen molar-refractivity contribution in [3.05, 3.63) is 57.1 Å². The van der Waals surface area contributed by atoms with Crippen molar-refractivity contribution in [1.29, 1.82) is 0 Å². The summed E-state index contributed by atoms with van der Waals surface area (Å²) in [5.41, 5.74) is 2.08. The number of carbonyl (C=O) groups is 2. The van der Waals surface area contributed by atoms with Crippen molar-refractivity contribution in [2.75, 3.05) is 6.61 Å². The highest BCUT2D eigenvalue weighted by atomic mass is 32.1. The van der Waals surface area contributed by atoms with E-state index < -0.39 is 12.0 Å². The summed E-state index contributed by atoms with van der Waals surface area (Å²) in [6, 6.07) is 6.53. The van der Waals surface area contributed by atoms with Gasteiger partial charge in [-0.05, 0) is 52.0 Å². The number of aryl methyl sites for hydroxylation is 1. The third-order valence-corrected chi connectivity index (χ3v) is 4.89. The number of thiazole rings is 1. The number of hydrogen-bond acceptors (Lipinski definition) is 5. The SMILES string of the molecule is CC(C)=CCOc1cccc(C(=O)NC(C)c2nc(C)c(C(=O)O)s2)c1. The smallest absolute Gasteiger partial charge is 0.347 e. The maximum absolute atomic E-state index is 12.5. The molecule has 138 valence electrons. The van der Waals surface area contributed by atoms with Gasteiger partial charge in [0.2, 0.25) is 0 Å². The second-order valence-electron chi connectivity index (χ2n) is 6.09. The number of rotatable bonds is 7. The number of benzene rings is 1. The van der Waals surface area contributed by atoms with E-state index in [1.807, 2.05) is 19.9 Å². The first kappa shape index (κ1) is 19.7. The molecule has 1 amide bonds. The molecule has 1 unspecified atom stereocenters. The molecule has 0 aliphatic carbocycles. The predicted molar refractivity (Wildman–Crippen MR) is 101 cm³/mol. The van der Waals surface area contributed by atoms with Crippen LogP contribution in [0.25, 0.3) is 0 Å². The van der Waals surface area contributed by atoms with Crippen LogP contribution in [0.5, 0.6) is 5.75 Å². The molecule has 26 heavy (non-hydrogen) atoms. The van der Waals surface area contributed by atoms with Crippen LogP contribution >= 0.6 is 11.3 Å². The van der Waals surface area contributed by atoms with Crippen molar-refractivity contribution in [3.63, 3.8) is 0 Å². The molecule has 1 atom stereocenters. The Hall–Kier alpha value is -2.67. The van der Waals surface area contributed by atoms with E-state index in [9.17, 15) is 9.59 Å². The topological polar surface area (TPSA) is 88.5 Å². The molecule has 0 radical (unpaired) electrons. The molecule has 0 spiro atoms. The lowest BCUT2D eigenvalue weighted by molar-refractivity contribution is 0.0701. The van der Waals surface area contributed by atoms with Crippen LogP contribution in [0.2, 0.25) is 0 Å². The summed E-state index contributed by atoms with van der Waals surface area (Å²) in [6.45, 7) is 7.85. The second kappa shape index (κ2) is 8.62. The molecule has 2 aromatic rings. The number of allylic oxidation sites excluding steroid dienone is 1. The zero-order valence-corrected chi connectivity index (χ0v) is 16.0. The van der Waals surface area contributed by atoms with Gasteiger partial charge in [0.1, 0.15) is 22.2 Å². The number of carboxylic acid groups (broad SMARTS) is 1. The van der Waals surface area contributed by atoms with Crippen LogP contribution in [0.15, 0.2) is 35.9 Å². The van der Waals surface area contributed by atoms with Crippen LogP contribution in [0, 0.1) is 6.92 Å². The van der Waals surface area contributed by atoms with E-state index in [1.54, 1.807) is 38.1 Å². The fourth-order valence-electron chi connectivity index (χ4n) is 2.17. The van der Waals surface area contributed by atoms with Crippen LogP contribution in [0.4, 0.5) is 0 Å². The standard InChI is InChI=1S/C19H22N2O4S/c1-11(2)8-9-25-15-7-5-6-14(10-15)17(22)20-13(4)18-21-12(3)16(26-18)19(23)24/h5-8,10,13H,9H2,1-4H3,(H,20,22)(H,23,24). The van der Waals surface area contributed by atoms with Crippen molar-refractivity contribution in [2.24, 2.45) is 0 Å². The van der Waals surface area contributed by atoms with E-state index in [2.05, 4.69) is 10.3 Å². The van der Waals surface area contributed by atoms with Crippen LogP contribution in [-0.4, -0.2) is 28.6 Å². The zero-order chi connectivity index (χ0) is 19.3. The first-order valence-corrected chi connectivity index (χ1v) is 8.97. The Kier molecular flexibility index (Phi) is 6.52. The van der Waals surface area contributed by atoms with Gasteiger partial charge in [-0.2, -0.15) is 0 Å². The molecule has 1 heterocycles. The number of aromatic nitrogens is 1. The lowest BCUT2D eigenvalue weighted by atomic mass is 10.2. The van der Waals surface area contributed by atoms with E-state index in [1.165, 1.54) is 0 Å². The second-order valence-corrected chi connectivity index (χ2v) is 7.12. The van der Waals surface area contributed by atoms with Crippen LogP contribution in [0.1, 0.15) is 57.5 Å². The summed E-state index contributed by atoms with van der Waals surface area (Å²) in [4.78, 5) is 28.0. The number of nitrogens with zero attached hydrogens (tertiary/aromatic N) is 1. The monoisotopic (exact) mass is 374 g/mol. The van der Waals surface area contributed by atoms with Gasteiger partial charge in [-0.25, -0.2) is 9.78 Å². The molecule has 0 aliphatic heterocycles. The predicted octanol–water partition coefficient (Wildman–Crippen LogP) is 3.99. The number of carboxylic acids is 1. The first-order valence-electron chi connectivity index (χ1n) is 8.15. The molecule has 2 N–H and O–H groups in total. The normalized spacial score (nSPS) is 11.5. The van der Waals surface area contributed by atoms with Crippen molar-refractivity contribution in [3.8, 4) is 5.75 Å². The van der Waals surface area contributed by atoms with Crippen LogP contribution in [-0.2, 0) is 0 Å². The van der Waals surface area contributed by atoms with Crippen LogP contribution < -0.4 is 10.1 Å². The summed E-state index contributed by atoms with van der Waals surface area (Å²) >= 11 is 1.07. The van der Waals surface area contributed by atoms with E-state index in [4.69, 9.17) is 9.84 Å². The Bertz CT molecular complexity index is 838. The van der Waals surface area contributed by atoms with E-state index >= 15 is 0 Å². The Morgan fingerprint density at radius 1 is 1.38 bits per heavy atom. The molecule has 0 saturated carbocycles. The van der Waals surface area contributed by atoms with Gasteiger partial charge < -0.3 is 15.2 Å². The highest BCUT2D eigenvalue weighted by molar-refractivity contribution is 7.13. The summed E-state index contributed by atoms with van der Waals surface area (Å²) in [5.74, 6) is -0.665. The van der Waals surface area contributed by atoms with Crippen molar-refractivity contribution < 1.29 is 19.4 Å². The highest BCUT2D eigenvalue weighted by Crippen LogP contribution is 2.24. The molecule has 2 rings (SSSR count). The Labute approximate surface area is 156 Å². The quantitative estimate of drug-likeness (QED) is 0.716. The summed E-state index contributed by atoms with van der Waals surface area (Å²) in [6.07, 6.45) is 1.96. The van der Waals surface area contributed by atoms with Crippen molar-refractivity contribution in [2.45, 2.75) is 33.7 Å². The summed E-state index contributed by atoms with van der Waals surface area (Å²) in [7, 11) is 0. The molecule has 1 aromatic carbocycles. The van der Waals surface area contributed by atoms with Gasteiger partial charge >= 0.3 is 5.97 Å². The molecule has 0 aliphatic rings. The maximum atomic E-state index is 12.5. The highest BCUT2D eigenvalue weighted by Gasteiger charge is 2.19. The van der Waals surface area contributed by atoms with Gasteiger partial charge in [-0.1, -0.05) is 11.6 Å². The lowest BCUT2D eigenvalue weighted by Gasteiger charge is -2.12. The molecule has 0 bridgehead atoms. The van der Waals surface area contributed by atoms with E-state index in [0.29, 0.717) is 28.6 Å². The Balaban J connectivity index is 2.06. The van der Waals surface area contributed by atoms with Gasteiger partial charge in [-0.15, -0.1) is 11.3 Å². The van der Waals surface area contributed by atoms with Gasteiger partial charge in [-0.3, -0.25) is 4.79 Å². The molecule has 7 heteroatoms. The summed E-state index contributed by atoms with van der Waals surface area (Å²) < 4.78 is 5.61. The minimum absolute atomic E-state index is 0.191. The van der Waals surface area contributed by atoms with Gasteiger partial charge in [0.15, 0.2) is 0 Å². The molecule has 0 saturated heterocycles. The molecule has 1 aromatic heterocycles. The third kappa shape index (κ3) is 5.16. The minimum atomic E-state index is -1.01. The Morgan fingerprint density at radius 2 is 2.12 bits per heavy atom. The van der Waals surface area contributed by atoms with Crippen molar-refractivity contribution >= 4 is 23.2 Å². The molecule has 6 nitrogen and oxygen atoms in total. The maximum Gasteiger partial charge on any atom is 0.347 e. The van der Waals surface area contributed by atoms with E-state index in [-0.39, 0.29) is 10.8 Å². The molecular weight excluding hydrogens is 352 g/mol. The lowest BCUT2D eigenvalue weighted by Crippen LogP contribution is -2.26. The fraction of sp³-hybridized carbons (Fsp3) is 0.316. The number of amides is 1. The number of carbonyl (C=O) groups excluding carboxylic acids is 1. The van der Waals surface area contributed by atoms with Crippen LogP contribution in [0.3, 0.4) is 0 Å². The first-order chi connectivity index (χ1) is 12.3. The van der Waals surface area contributed by atoms with Gasteiger partial charge in [0.05, 0.1) is 11.7 Å². The fourth-order valence-corrected chi connectivity index (χ4v) is 3.08. The minimum Gasteiger partial charge on any atom is -0.490 e. The molecular formula is C19H22N2O4S. The largest absolute Gasteiger partial charge is 0.490 e. The average Bonchev–Trinajstić information content (AvgIpc) is 2.97. The summed E-state index contributed by atoms with van der Waals surface area (Å²) in [5, 5.41) is 12.5. The number of ether oxygens (including phenoxy) is 1. The average molecular weight is 374 g/mol. The van der Waals surface area contributed by atoms with E-state index in [0.717, 1.165) is 16.9 Å². The van der Waals surface area contributed by atoms with Crippen molar-refractivity contribution in [1.82, 2.24) is 10.3 Å². The number of aromatic carboxylic acids is 1. The van der Waals surface area contributed by atoms with Gasteiger partial charge in [0, 0.05) is 5.56 Å².